The second kappa shape index (κ2) is 5.01. The highest BCUT2D eigenvalue weighted by atomic mass is 16.5. The minimum absolute atomic E-state index is 0.377. The van der Waals surface area contributed by atoms with Crippen molar-refractivity contribution in [3.05, 3.63) is 53.2 Å². The van der Waals surface area contributed by atoms with E-state index in [1.807, 2.05) is 36.4 Å². The van der Waals surface area contributed by atoms with Crippen LogP contribution >= 0.6 is 0 Å². The van der Waals surface area contributed by atoms with Crippen LogP contribution in [0.1, 0.15) is 21.5 Å². The molecule has 0 aliphatic rings. The quantitative estimate of drug-likeness (QED) is 0.678. The lowest BCUT2D eigenvalue weighted by Crippen LogP contribution is -2.03. The smallest absolute Gasteiger partial charge is 0.339 e. The third-order valence-electron chi connectivity index (χ3n) is 3.53. The molecule has 0 amide bonds. The fourth-order valence-electron chi connectivity index (χ4n) is 2.47. The summed E-state index contributed by atoms with van der Waals surface area (Å²) in [6.45, 7) is 4.07. The molecule has 0 bridgehead atoms. The number of fused-ring (bicyclic) bond motifs is 1. The molecule has 3 aromatic rings. The Labute approximate surface area is 122 Å². The number of carbonyl (C=O) groups is 1. The molecule has 5 heteroatoms. The summed E-state index contributed by atoms with van der Waals surface area (Å²) < 4.78 is 6.58. The van der Waals surface area contributed by atoms with Crippen LogP contribution in [0.15, 0.2) is 36.5 Å². The molecule has 0 saturated heterocycles. The number of carbonyl (C=O) groups excluding carboxylic acids is 1. The molecule has 0 spiro atoms. The number of aryl methyl sites for hydroxylation is 2. The van der Waals surface area contributed by atoms with Gasteiger partial charge < -0.3 is 4.74 Å². The van der Waals surface area contributed by atoms with Gasteiger partial charge in [0.25, 0.3) is 0 Å². The average molecular weight is 281 g/mol. The SMILES string of the molecule is COC(=O)c1ccc2nnc(-c3c(C)cccc3C)n2c1. The third-order valence-corrected chi connectivity index (χ3v) is 3.53. The molecule has 0 saturated carbocycles. The monoisotopic (exact) mass is 281 g/mol. The van der Waals surface area contributed by atoms with Crippen molar-refractivity contribution in [2.24, 2.45) is 0 Å². The van der Waals surface area contributed by atoms with Gasteiger partial charge in [0.1, 0.15) is 0 Å². The lowest BCUT2D eigenvalue weighted by molar-refractivity contribution is 0.0600. The van der Waals surface area contributed by atoms with Crippen molar-refractivity contribution in [3.63, 3.8) is 0 Å². The molecule has 0 atom stereocenters. The molecular formula is C16H15N3O2. The van der Waals surface area contributed by atoms with Crippen molar-refractivity contribution in [3.8, 4) is 11.4 Å². The molecule has 0 radical (unpaired) electrons. The number of rotatable bonds is 2. The van der Waals surface area contributed by atoms with Crippen LogP contribution in [0.5, 0.6) is 0 Å². The van der Waals surface area contributed by atoms with Crippen molar-refractivity contribution in [2.75, 3.05) is 7.11 Å². The predicted octanol–water partition coefficient (Wildman–Crippen LogP) is 2.80. The van der Waals surface area contributed by atoms with Crippen LogP contribution in [0.3, 0.4) is 0 Å². The van der Waals surface area contributed by atoms with E-state index in [1.165, 1.54) is 7.11 Å². The number of methoxy groups -OCH3 is 1. The summed E-state index contributed by atoms with van der Waals surface area (Å²) in [5, 5.41) is 8.44. The molecule has 106 valence electrons. The molecule has 2 aromatic heterocycles. The van der Waals surface area contributed by atoms with E-state index >= 15 is 0 Å². The highest BCUT2D eigenvalue weighted by molar-refractivity contribution is 5.89. The zero-order valence-corrected chi connectivity index (χ0v) is 12.1. The van der Waals surface area contributed by atoms with Crippen LogP contribution in [0.2, 0.25) is 0 Å². The van der Waals surface area contributed by atoms with Crippen LogP contribution in [-0.4, -0.2) is 27.7 Å². The molecule has 0 unspecified atom stereocenters. The Hall–Kier alpha value is -2.69. The summed E-state index contributed by atoms with van der Waals surface area (Å²) in [6, 6.07) is 9.53. The minimum Gasteiger partial charge on any atom is -0.465 e. The molecule has 0 aliphatic carbocycles. The van der Waals surface area contributed by atoms with Gasteiger partial charge in [-0.05, 0) is 37.1 Å². The largest absolute Gasteiger partial charge is 0.465 e. The molecule has 5 nitrogen and oxygen atoms in total. The summed E-state index contributed by atoms with van der Waals surface area (Å²) in [5.41, 5.74) is 4.44. The van der Waals surface area contributed by atoms with Crippen LogP contribution < -0.4 is 0 Å². The third kappa shape index (κ3) is 2.16. The highest BCUT2D eigenvalue weighted by Gasteiger charge is 2.14. The number of esters is 1. The summed E-state index contributed by atoms with van der Waals surface area (Å²) in [7, 11) is 1.37. The summed E-state index contributed by atoms with van der Waals surface area (Å²) in [4.78, 5) is 11.7. The van der Waals surface area contributed by atoms with Gasteiger partial charge in [0.15, 0.2) is 11.5 Å². The normalized spacial score (nSPS) is 10.8. The first-order valence-corrected chi connectivity index (χ1v) is 6.61. The first-order chi connectivity index (χ1) is 10.1. The number of aromatic nitrogens is 3. The number of nitrogens with zero attached hydrogens (tertiary/aromatic N) is 3. The zero-order valence-electron chi connectivity index (χ0n) is 12.1. The van der Waals surface area contributed by atoms with Gasteiger partial charge in [-0.1, -0.05) is 18.2 Å². The first-order valence-electron chi connectivity index (χ1n) is 6.61. The number of hydrogen-bond donors (Lipinski definition) is 0. The van der Waals surface area contributed by atoms with Gasteiger partial charge in [0, 0.05) is 11.8 Å². The van der Waals surface area contributed by atoms with Gasteiger partial charge in [-0.25, -0.2) is 4.79 Å². The van der Waals surface area contributed by atoms with Crippen molar-refractivity contribution in [2.45, 2.75) is 13.8 Å². The average Bonchev–Trinajstić information content (AvgIpc) is 2.89. The van der Waals surface area contributed by atoms with E-state index in [0.717, 1.165) is 22.5 Å². The second-order valence-corrected chi connectivity index (χ2v) is 4.93. The Morgan fingerprint density at radius 1 is 1.10 bits per heavy atom. The van der Waals surface area contributed by atoms with Crippen molar-refractivity contribution in [1.82, 2.24) is 14.6 Å². The van der Waals surface area contributed by atoms with Crippen LogP contribution in [-0.2, 0) is 4.74 Å². The summed E-state index contributed by atoms with van der Waals surface area (Å²) in [5.74, 6) is 0.351. The van der Waals surface area contributed by atoms with Gasteiger partial charge in [0.2, 0.25) is 0 Å². The Balaban J connectivity index is 2.26. The molecule has 0 fully saturated rings. The van der Waals surface area contributed by atoms with E-state index in [-0.39, 0.29) is 5.97 Å². The second-order valence-electron chi connectivity index (χ2n) is 4.93. The van der Waals surface area contributed by atoms with E-state index in [9.17, 15) is 4.79 Å². The van der Waals surface area contributed by atoms with Crippen LogP contribution in [0, 0.1) is 13.8 Å². The molecule has 3 rings (SSSR count). The number of pyridine rings is 1. The highest BCUT2D eigenvalue weighted by Crippen LogP contribution is 2.26. The lowest BCUT2D eigenvalue weighted by Gasteiger charge is -2.08. The molecule has 0 N–H and O–H groups in total. The number of ether oxygens (including phenoxy) is 1. The van der Waals surface area contributed by atoms with Gasteiger partial charge in [0.05, 0.1) is 12.7 Å². The summed E-state index contributed by atoms with van der Waals surface area (Å²) >= 11 is 0. The zero-order chi connectivity index (χ0) is 15.0. The maximum atomic E-state index is 11.7. The number of hydrogen-bond acceptors (Lipinski definition) is 4. The van der Waals surface area contributed by atoms with Crippen molar-refractivity contribution in [1.29, 1.82) is 0 Å². The Bertz CT molecular complexity index is 816. The van der Waals surface area contributed by atoms with E-state index in [2.05, 4.69) is 10.2 Å². The van der Waals surface area contributed by atoms with Crippen molar-refractivity contribution < 1.29 is 9.53 Å². The van der Waals surface area contributed by atoms with E-state index in [1.54, 1.807) is 18.3 Å². The van der Waals surface area contributed by atoms with Gasteiger partial charge in [-0.15, -0.1) is 10.2 Å². The Kier molecular flexibility index (Phi) is 3.17. The van der Waals surface area contributed by atoms with Gasteiger partial charge in [-0.2, -0.15) is 0 Å². The topological polar surface area (TPSA) is 56.5 Å². The number of benzene rings is 1. The fourth-order valence-corrected chi connectivity index (χ4v) is 2.47. The Morgan fingerprint density at radius 3 is 2.48 bits per heavy atom. The minimum atomic E-state index is -0.377. The van der Waals surface area contributed by atoms with Crippen LogP contribution in [0.4, 0.5) is 0 Å². The van der Waals surface area contributed by atoms with Gasteiger partial charge >= 0.3 is 5.97 Å². The van der Waals surface area contributed by atoms with E-state index in [0.29, 0.717) is 11.2 Å². The lowest BCUT2D eigenvalue weighted by atomic mass is 10.0. The molecular weight excluding hydrogens is 266 g/mol. The Morgan fingerprint density at radius 2 is 1.81 bits per heavy atom. The summed E-state index contributed by atoms with van der Waals surface area (Å²) in [6.07, 6.45) is 1.71. The van der Waals surface area contributed by atoms with Crippen LogP contribution in [0.25, 0.3) is 17.0 Å². The predicted molar refractivity (Wildman–Crippen MR) is 79.2 cm³/mol. The maximum Gasteiger partial charge on any atom is 0.339 e. The maximum absolute atomic E-state index is 11.7. The molecule has 0 aliphatic heterocycles. The standard InChI is InChI=1S/C16H15N3O2/c1-10-5-4-6-11(2)14(10)15-18-17-13-8-7-12(9-19(13)15)16(20)21-3/h4-9H,1-3H3. The molecule has 2 heterocycles. The van der Waals surface area contributed by atoms with E-state index < -0.39 is 0 Å². The molecule has 21 heavy (non-hydrogen) atoms. The van der Waals surface area contributed by atoms with E-state index in [4.69, 9.17) is 4.74 Å². The van der Waals surface area contributed by atoms with Crippen molar-refractivity contribution >= 4 is 11.6 Å². The molecule has 1 aromatic carbocycles. The van der Waals surface area contributed by atoms with Gasteiger partial charge in [-0.3, -0.25) is 4.40 Å². The first kappa shape index (κ1) is 13.3. The fraction of sp³-hybridized carbons (Fsp3) is 0.188.